The van der Waals surface area contributed by atoms with Crippen LogP contribution in [-0.4, -0.2) is 29.2 Å². The van der Waals surface area contributed by atoms with E-state index in [0.717, 1.165) is 25.6 Å². The highest BCUT2D eigenvalue weighted by atomic mass is 16.5. The molecule has 1 aliphatic carbocycles. The first-order valence-electron chi connectivity index (χ1n) is 7.18. The summed E-state index contributed by atoms with van der Waals surface area (Å²) in [5.74, 6) is 0.890. The molecule has 1 N–H and O–H groups in total. The van der Waals surface area contributed by atoms with Crippen molar-refractivity contribution in [3.8, 4) is 0 Å². The number of rotatable bonds is 2. The standard InChI is InChI=1S/C14H23N3O/c1-11-2-4-12(5-3-11)17-10-16-8-13(17)14-9-15-6-7-18-14/h8,10-12,14-15H,2-7,9H2,1H3. The molecule has 1 saturated carbocycles. The summed E-state index contributed by atoms with van der Waals surface area (Å²) in [6.07, 6.45) is 9.40. The Hall–Kier alpha value is -0.870. The topological polar surface area (TPSA) is 39.1 Å². The van der Waals surface area contributed by atoms with Gasteiger partial charge in [-0.2, -0.15) is 0 Å². The number of hydrogen-bond acceptors (Lipinski definition) is 3. The quantitative estimate of drug-likeness (QED) is 0.874. The number of morpholine rings is 1. The molecular weight excluding hydrogens is 226 g/mol. The molecule has 0 spiro atoms. The molecule has 1 unspecified atom stereocenters. The van der Waals surface area contributed by atoms with E-state index in [1.165, 1.54) is 31.4 Å². The Kier molecular flexibility index (Phi) is 3.66. The number of hydrogen-bond donors (Lipinski definition) is 1. The summed E-state index contributed by atoms with van der Waals surface area (Å²) >= 11 is 0. The molecule has 4 heteroatoms. The van der Waals surface area contributed by atoms with E-state index in [1.807, 2.05) is 12.5 Å². The van der Waals surface area contributed by atoms with E-state index in [2.05, 4.69) is 21.8 Å². The maximum atomic E-state index is 5.85. The van der Waals surface area contributed by atoms with Crippen LogP contribution in [0.4, 0.5) is 0 Å². The lowest BCUT2D eigenvalue weighted by atomic mass is 9.87. The lowest BCUT2D eigenvalue weighted by Crippen LogP contribution is -2.34. The van der Waals surface area contributed by atoms with E-state index in [0.29, 0.717) is 6.04 Å². The van der Waals surface area contributed by atoms with E-state index in [-0.39, 0.29) is 6.10 Å². The summed E-state index contributed by atoms with van der Waals surface area (Å²) in [5, 5.41) is 3.39. The Bertz CT molecular complexity index is 376. The first-order chi connectivity index (χ1) is 8.84. The van der Waals surface area contributed by atoms with Crippen molar-refractivity contribution in [1.29, 1.82) is 0 Å². The van der Waals surface area contributed by atoms with Gasteiger partial charge >= 0.3 is 0 Å². The lowest BCUT2D eigenvalue weighted by Gasteiger charge is -2.31. The van der Waals surface area contributed by atoms with Crippen molar-refractivity contribution in [2.24, 2.45) is 5.92 Å². The van der Waals surface area contributed by atoms with Gasteiger partial charge in [0.15, 0.2) is 0 Å². The SMILES string of the molecule is CC1CCC(n2cncc2C2CNCCO2)CC1. The number of nitrogens with one attached hydrogen (secondary N) is 1. The van der Waals surface area contributed by atoms with Crippen molar-refractivity contribution in [3.05, 3.63) is 18.2 Å². The van der Waals surface area contributed by atoms with Crippen LogP contribution in [0.15, 0.2) is 12.5 Å². The first kappa shape index (κ1) is 12.2. The lowest BCUT2D eigenvalue weighted by molar-refractivity contribution is 0.0212. The molecule has 2 heterocycles. The molecule has 1 atom stereocenters. The van der Waals surface area contributed by atoms with E-state index >= 15 is 0 Å². The molecule has 2 fully saturated rings. The van der Waals surface area contributed by atoms with Crippen LogP contribution in [0.2, 0.25) is 0 Å². The second-order valence-electron chi connectivity index (χ2n) is 5.70. The Morgan fingerprint density at radius 1 is 1.33 bits per heavy atom. The van der Waals surface area contributed by atoms with Crippen molar-refractivity contribution in [1.82, 2.24) is 14.9 Å². The monoisotopic (exact) mass is 249 g/mol. The number of ether oxygens (including phenoxy) is 1. The van der Waals surface area contributed by atoms with Crippen LogP contribution in [0.1, 0.15) is 50.4 Å². The van der Waals surface area contributed by atoms with Gasteiger partial charge in [0.1, 0.15) is 6.10 Å². The number of nitrogens with zero attached hydrogens (tertiary/aromatic N) is 2. The summed E-state index contributed by atoms with van der Waals surface area (Å²) in [4.78, 5) is 4.35. The molecule has 0 bridgehead atoms. The third-order valence-electron chi connectivity index (χ3n) is 4.33. The average Bonchev–Trinajstić information content (AvgIpc) is 2.90. The molecule has 4 nitrogen and oxygen atoms in total. The van der Waals surface area contributed by atoms with Gasteiger partial charge in [0.05, 0.1) is 24.8 Å². The Morgan fingerprint density at radius 3 is 2.89 bits per heavy atom. The molecule has 0 aromatic carbocycles. The highest BCUT2D eigenvalue weighted by Gasteiger charge is 2.25. The van der Waals surface area contributed by atoms with Crippen LogP contribution < -0.4 is 5.32 Å². The molecule has 0 amide bonds. The van der Waals surface area contributed by atoms with Crippen LogP contribution in [0.5, 0.6) is 0 Å². The van der Waals surface area contributed by atoms with Gasteiger partial charge < -0.3 is 14.6 Å². The Morgan fingerprint density at radius 2 is 2.17 bits per heavy atom. The van der Waals surface area contributed by atoms with Gasteiger partial charge in [0.25, 0.3) is 0 Å². The molecule has 2 aliphatic rings. The molecule has 0 radical (unpaired) electrons. The zero-order valence-electron chi connectivity index (χ0n) is 11.1. The van der Waals surface area contributed by atoms with Crippen LogP contribution in [0, 0.1) is 5.92 Å². The van der Waals surface area contributed by atoms with E-state index in [9.17, 15) is 0 Å². The molecular formula is C14H23N3O. The van der Waals surface area contributed by atoms with Gasteiger partial charge in [-0.25, -0.2) is 4.98 Å². The zero-order chi connectivity index (χ0) is 12.4. The average molecular weight is 249 g/mol. The van der Waals surface area contributed by atoms with Crippen LogP contribution in [-0.2, 0) is 4.74 Å². The summed E-state index contributed by atoms with van der Waals surface area (Å²) in [6.45, 7) is 5.04. The number of imidazole rings is 1. The van der Waals surface area contributed by atoms with Crippen molar-refractivity contribution >= 4 is 0 Å². The summed E-state index contributed by atoms with van der Waals surface area (Å²) < 4.78 is 8.22. The van der Waals surface area contributed by atoms with Gasteiger partial charge in [0.2, 0.25) is 0 Å². The fourth-order valence-corrected chi connectivity index (χ4v) is 3.15. The predicted molar refractivity (Wildman–Crippen MR) is 70.5 cm³/mol. The van der Waals surface area contributed by atoms with Crippen molar-refractivity contribution < 1.29 is 4.74 Å². The van der Waals surface area contributed by atoms with Crippen LogP contribution >= 0.6 is 0 Å². The molecule has 18 heavy (non-hydrogen) atoms. The minimum absolute atomic E-state index is 0.181. The minimum Gasteiger partial charge on any atom is -0.369 e. The van der Waals surface area contributed by atoms with Gasteiger partial charge in [-0.15, -0.1) is 0 Å². The molecule has 1 saturated heterocycles. The highest BCUT2D eigenvalue weighted by Crippen LogP contribution is 2.34. The highest BCUT2D eigenvalue weighted by molar-refractivity contribution is 5.06. The molecule has 1 aliphatic heterocycles. The summed E-state index contributed by atoms with van der Waals surface area (Å²) in [6, 6.07) is 0.629. The summed E-state index contributed by atoms with van der Waals surface area (Å²) in [5.41, 5.74) is 1.25. The fourth-order valence-electron chi connectivity index (χ4n) is 3.15. The molecule has 3 rings (SSSR count). The van der Waals surface area contributed by atoms with Gasteiger partial charge in [-0.3, -0.25) is 0 Å². The maximum absolute atomic E-state index is 5.85. The second-order valence-corrected chi connectivity index (χ2v) is 5.70. The third-order valence-corrected chi connectivity index (χ3v) is 4.33. The Labute approximate surface area is 109 Å². The second kappa shape index (κ2) is 5.41. The Balaban J connectivity index is 1.74. The van der Waals surface area contributed by atoms with E-state index in [4.69, 9.17) is 4.74 Å². The van der Waals surface area contributed by atoms with E-state index in [1.54, 1.807) is 0 Å². The van der Waals surface area contributed by atoms with Crippen molar-refractivity contribution in [3.63, 3.8) is 0 Å². The van der Waals surface area contributed by atoms with Crippen LogP contribution in [0.25, 0.3) is 0 Å². The summed E-state index contributed by atoms with van der Waals surface area (Å²) in [7, 11) is 0. The minimum atomic E-state index is 0.181. The van der Waals surface area contributed by atoms with Crippen molar-refractivity contribution in [2.75, 3.05) is 19.7 Å². The largest absolute Gasteiger partial charge is 0.369 e. The van der Waals surface area contributed by atoms with Gasteiger partial charge in [-0.1, -0.05) is 6.92 Å². The van der Waals surface area contributed by atoms with E-state index < -0.39 is 0 Å². The smallest absolute Gasteiger partial charge is 0.111 e. The normalized spacial score (nSPS) is 33.5. The van der Waals surface area contributed by atoms with Crippen molar-refractivity contribution in [2.45, 2.75) is 44.8 Å². The third kappa shape index (κ3) is 2.45. The molecule has 100 valence electrons. The fraction of sp³-hybridized carbons (Fsp3) is 0.786. The number of aromatic nitrogens is 2. The molecule has 1 aromatic rings. The van der Waals surface area contributed by atoms with Gasteiger partial charge in [0, 0.05) is 19.1 Å². The predicted octanol–water partition coefficient (Wildman–Crippen LogP) is 2.30. The molecule has 1 aromatic heterocycles. The van der Waals surface area contributed by atoms with Crippen LogP contribution in [0.3, 0.4) is 0 Å². The first-order valence-corrected chi connectivity index (χ1v) is 7.18. The maximum Gasteiger partial charge on any atom is 0.111 e. The zero-order valence-corrected chi connectivity index (χ0v) is 11.1. The van der Waals surface area contributed by atoms with Gasteiger partial charge in [-0.05, 0) is 31.6 Å².